The van der Waals surface area contributed by atoms with E-state index in [1.165, 1.54) is 4.68 Å². The van der Waals surface area contributed by atoms with Gasteiger partial charge in [-0.1, -0.05) is 13.8 Å². The van der Waals surface area contributed by atoms with Crippen LogP contribution in [0.25, 0.3) is 5.52 Å². The average molecular weight is 220 g/mol. The highest BCUT2D eigenvalue weighted by atomic mass is 16.2. The molecule has 2 aromatic rings. The Hall–Kier alpha value is -1.65. The van der Waals surface area contributed by atoms with Gasteiger partial charge in [-0.25, -0.2) is 18.9 Å². The summed E-state index contributed by atoms with van der Waals surface area (Å²) in [6, 6.07) is 0. The molecule has 0 bridgehead atoms. The van der Waals surface area contributed by atoms with Gasteiger partial charge in [-0.3, -0.25) is 0 Å². The minimum Gasteiger partial charge on any atom is -0.246 e. The van der Waals surface area contributed by atoms with Crippen LogP contribution in [0.1, 0.15) is 38.2 Å². The Bertz CT molecular complexity index is 579. The number of hydrogen-bond acceptors (Lipinski definition) is 3. The van der Waals surface area contributed by atoms with Gasteiger partial charge in [0, 0.05) is 12.5 Å². The first-order chi connectivity index (χ1) is 7.56. The molecular weight excluding hydrogens is 204 g/mol. The van der Waals surface area contributed by atoms with Crippen molar-refractivity contribution in [2.24, 2.45) is 0 Å². The normalized spacial score (nSPS) is 11.6. The van der Waals surface area contributed by atoms with E-state index in [4.69, 9.17) is 0 Å². The molecule has 0 saturated carbocycles. The smallest absolute Gasteiger partial charge is 0.246 e. The number of aromatic nitrogens is 4. The summed E-state index contributed by atoms with van der Waals surface area (Å²) >= 11 is 0. The van der Waals surface area contributed by atoms with Gasteiger partial charge in [0.05, 0.1) is 17.4 Å². The van der Waals surface area contributed by atoms with Crippen molar-refractivity contribution in [2.45, 2.75) is 40.2 Å². The van der Waals surface area contributed by atoms with Crippen LogP contribution in [0.5, 0.6) is 0 Å². The lowest BCUT2D eigenvalue weighted by Gasteiger charge is -2.05. The molecule has 0 amide bonds. The van der Waals surface area contributed by atoms with E-state index in [1.807, 2.05) is 27.7 Å². The molecule has 2 aromatic heterocycles. The molecule has 0 aromatic carbocycles. The molecule has 0 fully saturated rings. The van der Waals surface area contributed by atoms with Gasteiger partial charge in [0.1, 0.15) is 5.82 Å². The third-order valence-electron chi connectivity index (χ3n) is 2.67. The summed E-state index contributed by atoms with van der Waals surface area (Å²) in [5, 5.41) is 4.10. The molecule has 0 unspecified atom stereocenters. The van der Waals surface area contributed by atoms with Crippen LogP contribution >= 0.6 is 0 Å². The summed E-state index contributed by atoms with van der Waals surface area (Å²) in [5.41, 5.74) is 1.55. The van der Waals surface area contributed by atoms with Crippen LogP contribution in [-0.2, 0) is 6.54 Å². The zero-order valence-electron chi connectivity index (χ0n) is 10.1. The third-order valence-corrected chi connectivity index (χ3v) is 2.67. The average Bonchev–Trinajstić information content (AvgIpc) is 2.58. The maximum absolute atomic E-state index is 12.1. The highest BCUT2D eigenvalue weighted by Gasteiger charge is 2.14. The summed E-state index contributed by atoms with van der Waals surface area (Å²) in [6.07, 6.45) is 1.71. The summed E-state index contributed by atoms with van der Waals surface area (Å²) in [4.78, 5) is 16.6. The highest BCUT2D eigenvalue weighted by Crippen LogP contribution is 2.15. The van der Waals surface area contributed by atoms with E-state index >= 15 is 0 Å². The first-order valence-electron chi connectivity index (χ1n) is 5.51. The summed E-state index contributed by atoms with van der Waals surface area (Å²) in [6.45, 7) is 8.44. The first kappa shape index (κ1) is 10.9. The summed E-state index contributed by atoms with van der Waals surface area (Å²) in [7, 11) is 0. The van der Waals surface area contributed by atoms with Crippen molar-refractivity contribution < 1.29 is 0 Å². The standard InChI is InChI=1S/C11H16N4O/c1-5-14-11(16)15-9(6-12-14)8(4)13-10(15)7(2)3/h6-7H,5H2,1-4H3. The lowest BCUT2D eigenvalue weighted by atomic mass is 10.2. The molecule has 5 heteroatoms. The van der Waals surface area contributed by atoms with Gasteiger partial charge < -0.3 is 0 Å². The highest BCUT2D eigenvalue weighted by molar-refractivity contribution is 5.50. The van der Waals surface area contributed by atoms with Gasteiger partial charge in [-0.05, 0) is 13.8 Å². The SMILES string of the molecule is CCn1ncc2c(C)nc(C(C)C)n2c1=O. The molecule has 0 N–H and O–H groups in total. The lowest BCUT2D eigenvalue weighted by Crippen LogP contribution is -2.29. The van der Waals surface area contributed by atoms with Crippen LogP contribution in [0, 0.1) is 6.92 Å². The number of hydrogen-bond donors (Lipinski definition) is 0. The largest absolute Gasteiger partial charge is 0.350 e. The lowest BCUT2D eigenvalue weighted by molar-refractivity contribution is 0.576. The van der Waals surface area contributed by atoms with Crippen LogP contribution in [0.3, 0.4) is 0 Å². The Labute approximate surface area is 93.7 Å². The second kappa shape index (κ2) is 3.73. The molecule has 2 heterocycles. The van der Waals surface area contributed by atoms with Gasteiger partial charge in [-0.2, -0.15) is 5.10 Å². The number of imidazole rings is 1. The Morgan fingerprint density at radius 3 is 2.69 bits per heavy atom. The van der Waals surface area contributed by atoms with E-state index in [-0.39, 0.29) is 11.6 Å². The van der Waals surface area contributed by atoms with Crippen LogP contribution in [-0.4, -0.2) is 19.2 Å². The second-order valence-corrected chi connectivity index (χ2v) is 4.17. The predicted molar refractivity (Wildman–Crippen MR) is 61.7 cm³/mol. The monoisotopic (exact) mass is 220 g/mol. The number of aryl methyl sites for hydroxylation is 2. The molecule has 0 aliphatic heterocycles. The number of nitrogens with zero attached hydrogens (tertiary/aromatic N) is 4. The Balaban J connectivity index is 2.89. The number of rotatable bonds is 2. The topological polar surface area (TPSA) is 52.2 Å². The Morgan fingerprint density at radius 2 is 2.12 bits per heavy atom. The Morgan fingerprint density at radius 1 is 1.44 bits per heavy atom. The van der Waals surface area contributed by atoms with Gasteiger partial charge in [0.25, 0.3) is 0 Å². The van der Waals surface area contributed by atoms with Gasteiger partial charge in [-0.15, -0.1) is 0 Å². The van der Waals surface area contributed by atoms with Crippen LogP contribution in [0.4, 0.5) is 0 Å². The van der Waals surface area contributed by atoms with E-state index in [0.717, 1.165) is 17.0 Å². The fraction of sp³-hybridized carbons (Fsp3) is 0.545. The first-order valence-corrected chi connectivity index (χ1v) is 5.51. The van der Waals surface area contributed by atoms with Crippen molar-refractivity contribution in [3.63, 3.8) is 0 Å². The van der Waals surface area contributed by atoms with Crippen molar-refractivity contribution in [2.75, 3.05) is 0 Å². The molecule has 5 nitrogen and oxygen atoms in total. The van der Waals surface area contributed by atoms with Gasteiger partial charge in [0.2, 0.25) is 0 Å². The van der Waals surface area contributed by atoms with E-state index < -0.39 is 0 Å². The molecule has 2 rings (SSSR count). The van der Waals surface area contributed by atoms with E-state index in [2.05, 4.69) is 10.1 Å². The molecule has 0 atom stereocenters. The second-order valence-electron chi connectivity index (χ2n) is 4.17. The van der Waals surface area contributed by atoms with Crippen molar-refractivity contribution in [1.29, 1.82) is 0 Å². The summed E-state index contributed by atoms with van der Waals surface area (Å²) < 4.78 is 3.11. The predicted octanol–water partition coefficient (Wildman–Crippen LogP) is 1.34. The van der Waals surface area contributed by atoms with Crippen molar-refractivity contribution >= 4 is 5.52 Å². The zero-order chi connectivity index (χ0) is 11.9. The molecule has 86 valence electrons. The molecule has 0 aliphatic rings. The third kappa shape index (κ3) is 1.43. The molecule has 16 heavy (non-hydrogen) atoms. The summed E-state index contributed by atoms with van der Waals surface area (Å²) in [5.74, 6) is 1.03. The molecule has 0 spiro atoms. The Kier molecular flexibility index (Phi) is 2.53. The zero-order valence-corrected chi connectivity index (χ0v) is 10.1. The maximum Gasteiger partial charge on any atom is 0.350 e. The fourth-order valence-corrected chi connectivity index (χ4v) is 1.81. The fourth-order valence-electron chi connectivity index (χ4n) is 1.81. The number of fused-ring (bicyclic) bond motifs is 1. The van der Waals surface area contributed by atoms with E-state index in [1.54, 1.807) is 10.6 Å². The minimum atomic E-state index is -0.107. The van der Waals surface area contributed by atoms with Crippen molar-refractivity contribution in [3.05, 3.63) is 28.2 Å². The minimum absolute atomic E-state index is 0.107. The molecule has 0 saturated heterocycles. The van der Waals surface area contributed by atoms with Gasteiger partial charge in [0.15, 0.2) is 0 Å². The van der Waals surface area contributed by atoms with E-state index in [9.17, 15) is 4.79 Å². The molecule has 0 radical (unpaired) electrons. The maximum atomic E-state index is 12.1. The molecule has 0 aliphatic carbocycles. The van der Waals surface area contributed by atoms with Crippen molar-refractivity contribution in [1.82, 2.24) is 19.2 Å². The quantitative estimate of drug-likeness (QED) is 0.767. The van der Waals surface area contributed by atoms with Crippen LogP contribution in [0.2, 0.25) is 0 Å². The van der Waals surface area contributed by atoms with Gasteiger partial charge >= 0.3 is 5.69 Å². The van der Waals surface area contributed by atoms with Crippen LogP contribution in [0.15, 0.2) is 11.0 Å². The van der Waals surface area contributed by atoms with Crippen LogP contribution < -0.4 is 5.69 Å². The van der Waals surface area contributed by atoms with Crippen molar-refractivity contribution in [3.8, 4) is 0 Å². The van der Waals surface area contributed by atoms with E-state index in [0.29, 0.717) is 6.54 Å². The molecular formula is C11H16N4O.